The lowest BCUT2D eigenvalue weighted by atomic mass is 9.99. The fraction of sp³-hybridized carbons (Fsp3) is 0.467. The standard InChI is InChI=1S/C15H20O7/c1-2-7-20-9-3-5-10(6-4-9)21-15-14(19)13(18)12(17)11(8-16)22-15/h2-6,11-19H,1,7-8H2/t11-,12-,13+,14-,15-/m1/s1. The van der Waals surface area contributed by atoms with Crippen LogP contribution in [0.1, 0.15) is 0 Å². The van der Waals surface area contributed by atoms with E-state index in [1.54, 1.807) is 30.3 Å². The van der Waals surface area contributed by atoms with Crippen molar-refractivity contribution in [1.29, 1.82) is 0 Å². The molecule has 7 heteroatoms. The first-order chi connectivity index (χ1) is 10.6. The highest BCUT2D eigenvalue weighted by atomic mass is 16.7. The van der Waals surface area contributed by atoms with Gasteiger partial charge in [0.15, 0.2) is 0 Å². The Morgan fingerprint density at radius 3 is 2.27 bits per heavy atom. The summed E-state index contributed by atoms with van der Waals surface area (Å²) in [5.74, 6) is 1.01. The van der Waals surface area contributed by atoms with E-state index in [2.05, 4.69) is 6.58 Å². The predicted molar refractivity (Wildman–Crippen MR) is 76.5 cm³/mol. The maximum Gasteiger partial charge on any atom is 0.229 e. The fourth-order valence-corrected chi connectivity index (χ4v) is 2.07. The van der Waals surface area contributed by atoms with Gasteiger partial charge in [0.2, 0.25) is 6.29 Å². The molecule has 0 aliphatic carbocycles. The summed E-state index contributed by atoms with van der Waals surface area (Å²) < 4.78 is 16.0. The smallest absolute Gasteiger partial charge is 0.229 e. The average Bonchev–Trinajstić information content (AvgIpc) is 2.54. The maximum atomic E-state index is 9.88. The zero-order valence-corrected chi connectivity index (χ0v) is 11.9. The quantitative estimate of drug-likeness (QED) is 0.521. The third-order valence-corrected chi connectivity index (χ3v) is 3.29. The Hall–Kier alpha value is -1.64. The summed E-state index contributed by atoms with van der Waals surface area (Å²) in [4.78, 5) is 0. The minimum atomic E-state index is -1.47. The van der Waals surface area contributed by atoms with Gasteiger partial charge in [-0.1, -0.05) is 12.7 Å². The molecule has 0 amide bonds. The Kier molecular flexibility index (Phi) is 5.76. The number of aliphatic hydroxyl groups is 4. The third kappa shape index (κ3) is 3.76. The first-order valence-corrected chi connectivity index (χ1v) is 6.87. The van der Waals surface area contributed by atoms with Gasteiger partial charge in [-0.05, 0) is 24.3 Å². The molecule has 1 aromatic rings. The van der Waals surface area contributed by atoms with Crippen molar-refractivity contribution in [2.75, 3.05) is 13.2 Å². The van der Waals surface area contributed by atoms with Crippen molar-refractivity contribution >= 4 is 0 Å². The molecule has 0 saturated carbocycles. The normalized spacial score (nSPS) is 31.5. The van der Waals surface area contributed by atoms with Crippen molar-refractivity contribution in [3.63, 3.8) is 0 Å². The van der Waals surface area contributed by atoms with E-state index in [0.29, 0.717) is 18.1 Å². The number of aliphatic hydroxyl groups excluding tert-OH is 4. The van der Waals surface area contributed by atoms with Crippen LogP contribution in [0.5, 0.6) is 11.5 Å². The predicted octanol–water partition coefficient (Wildman–Crippen LogP) is -0.570. The summed E-state index contributed by atoms with van der Waals surface area (Å²) in [6, 6.07) is 6.56. The lowest BCUT2D eigenvalue weighted by molar-refractivity contribution is -0.277. The molecule has 7 nitrogen and oxygen atoms in total. The van der Waals surface area contributed by atoms with E-state index in [1.165, 1.54) is 0 Å². The summed E-state index contributed by atoms with van der Waals surface area (Å²) in [6.07, 6.45) is -4.89. The molecule has 1 fully saturated rings. The number of rotatable bonds is 6. The van der Waals surface area contributed by atoms with Crippen molar-refractivity contribution in [2.45, 2.75) is 30.7 Å². The molecule has 0 radical (unpaired) electrons. The molecule has 0 unspecified atom stereocenters. The number of benzene rings is 1. The average molecular weight is 312 g/mol. The third-order valence-electron chi connectivity index (χ3n) is 3.29. The van der Waals surface area contributed by atoms with Gasteiger partial charge in [-0.15, -0.1) is 0 Å². The molecule has 0 bridgehead atoms. The van der Waals surface area contributed by atoms with Crippen molar-refractivity contribution in [3.8, 4) is 11.5 Å². The molecule has 2 rings (SSSR count). The SMILES string of the molecule is C=CCOc1ccc(O[C@@H]2O[C@H](CO)[C@@H](O)[C@H](O)[C@H]2O)cc1. The van der Waals surface area contributed by atoms with Crippen LogP contribution in [-0.4, -0.2) is 64.3 Å². The van der Waals surface area contributed by atoms with Gasteiger partial charge in [-0.3, -0.25) is 0 Å². The van der Waals surface area contributed by atoms with Crippen LogP contribution in [-0.2, 0) is 4.74 Å². The van der Waals surface area contributed by atoms with E-state index in [4.69, 9.17) is 19.3 Å². The first-order valence-electron chi connectivity index (χ1n) is 6.87. The molecule has 1 aliphatic rings. The van der Waals surface area contributed by atoms with Gasteiger partial charge in [0.05, 0.1) is 6.61 Å². The first kappa shape index (κ1) is 16.7. The maximum absolute atomic E-state index is 9.88. The Balaban J connectivity index is 2.01. The molecular formula is C15H20O7. The highest BCUT2D eigenvalue weighted by Crippen LogP contribution is 2.25. The summed E-state index contributed by atoms with van der Waals surface area (Å²) in [5, 5.41) is 38.4. The van der Waals surface area contributed by atoms with Crippen LogP contribution in [0.15, 0.2) is 36.9 Å². The van der Waals surface area contributed by atoms with Crippen LogP contribution < -0.4 is 9.47 Å². The topological polar surface area (TPSA) is 109 Å². The summed E-state index contributed by atoms with van der Waals surface area (Å²) >= 11 is 0. The van der Waals surface area contributed by atoms with Gasteiger partial charge in [-0.2, -0.15) is 0 Å². The Bertz CT molecular complexity index is 473. The van der Waals surface area contributed by atoms with Gasteiger partial charge in [-0.25, -0.2) is 0 Å². The molecule has 5 atom stereocenters. The van der Waals surface area contributed by atoms with E-state index in [1.807, 2.05) is 0 Å². The molecule has 1 aromatic carbocycles. The molecule has 1 heterocycles. The van der Waals surface area contributed by atoms with Crippen molar-refractivity contribution in [2.24, 2.45) is 0 Å². The molecule has 1 aliphatic heterocycles. The Morgan fingerprint density at radius 2 is 1.68 bits per heavy atom. The summed E-state index contributed by atoms with van der Waals surface area (Å²) in [7, 11) is 0. The Morgan fingerprint density at radius 1 is 1.05 bits per heavy atom. The van der Waals surface area contributed by atoms with Crippen LogP contribution >= 0.6 is 0 Å². The highest BCUT2D eigenvalue weighted by Gasteiger charge is 2.44. The van der Waals surface area contributed by atoms with Crippen LogP contribution in [0.2, 0.25) is 0 Å². The monoisotopic (exact) mass is 312 g/mol. The molecule has 22 heavy (non-hydrogen) atoms. The highest BCUT2D eigenvalue weighted by molar-refractivity contribution is 5.31. The van der Waals surface area contributed by atoms with Gasteiger partial charge in [0.25, 0.3) is 0 Å². The Labute approximate surface area is 128 Å². The number of hydrogen-bond donors (Lipinski definition) is 4. The molecule has 1 saturated heterocycles. The molecule has 0 aromatic heterocycles. The second-order valence-corrected chi connectivity index (χ2v) is 4.89. The lowest BCUT2D eigenvalue weighted by Gasteiger charge is -2.39. The molecule has 122 valence electrons. The van der Waals surface area contributed by atoms with Crippen molar-refractivity contribution < 1.29 is 34.6 Å². The van der Waals surface area contributed by atoms with Gasteiger partial charge < -0.3 is 34.6 Å². The van der Waals surface area contributed by atoms with E-state index in [9.17, 15) is 15.3 Å². The zero-order chi connectivity index (χ0) is 16.1. The van der Waals surface area contributed by atoms with Crippen LogP contribution in [0.25, 0.3) is 0 Å². The molecule has 4 N–H and O–H groups in total. The van der Waals surface area contributed by atoms with E-state index >= 15 is 0 Å². The van der Waals surface area contributed by atoms with E-state index in [0.717, 1.165) is 0 Å². The zero-order valence-electron chi connectivity index (χ0n) is 11.9. The lowest BCUT2D eigenvalue weighted by Crippen LogP contribution is -2.60. The second-order valence-electron chi connectivity index (χ2n) is 4.89. The van der Waals surface area contributed by atoms with Crippen molar-refractivity contribution in [1.82, 2.24) is 0 Å². The van der Waals surface area contributed by atoms with E-state index in [-0.39, 0.29) is 0 Å². The molecular weight excluding hydrogens is 292 g/mol. The van der Waals surface area contributed by atoms with Gasteiger partial charge in [0.1, 0.15) is 42.5 Å². The van der Waals surface area contributed by atoms with E-state index < -0.39 is 37.3 Å². The second kappa shape index (κ2) is 7.57. The number of hydrogen-bond acceptors (Lipinski definition) is 7. The van der Waals surface area contributed by atoms with Crippen LogP contribution in [0, 0.1) is 0 Å². The van der Waals surface area contributed by atoms with Crippen LogP contribution in [0.4, 0.5) is 0 Å². The summed E-state index contributed by atoms with van der Waals surface area (Å²) in [6.45, 7) is 3.43. The molecule has 0 spiro atoms. The van der Waals surface area contributed by atoms with Gasteiger partial charge in [0, 0.05) is 0 Å². The minimum Gasteiger partial charge on any atom is -0.490 e. The van der Waals surface area contributed by atoms with Crippen molar-refractivity contribution in [3.05, 3.63) is 36.9 Å². The number of ether oxygens (including phenoxy) is 3. The van der Waals surface area contributed by atoms with Crippen LogP contribution in [0.3, 0.4) is 0 Å². The summed E-state index contributed by atoms with van der Waals surface area (Å²) in [5.41, 5.74) is 0. The minimum absolute atomic E-state index is 0.382. The largest absolute Gasteiger partial charge is 0.490 e. The van der Waals surface area contributed by atoms with Gasteiger partial charge >= 0.3 is 0 Å². The fourth-order valence-electron chi connectivity index (χ4n) is 2.07.